The number of para-hydroxylation sites is 2. The lowest BCUT2D eigenvalue weighted by atomic mass is 10.1. The molecule has 0 amide bonds. The maximum atomic E-state index is 13.6. The van der Waals surface area contributed by atoms with Crippen LogP contribution in [0.3, 0.4) is 0 Å². The van der Waals surface area contributed by atoms with E-state index in [1.54, 1.807) is 18.2 Å². The summed E-state index contributed by atoms with van der Waals surface area (Å²) in [6.45, 7) is 0.736. The minimum atomic E-state index is -0.893. The van der Waals surface area contributed by atoms with E-state index in [9.17, 15) is 9.50 Å². The highest BCUT2D eigenvalue weighted by Gasteiger charge is 2.16. The van der Waals surface area contributed by atoms with Crippen molar-refractivity contribution in [2.24, 2.45) is 0 Å². The third kappa shape index (κ3) is 3.16. The van der Waals surface area contributed by atoms with Crippen molar-refractivity contribution in [3.63, 3.8) is 0 Å². The van der Waals surface area contributed by atoms with Gasteiger partial charge in [-0.3, -0.25) is 4.90 Å². The van der Waals surface area contributed by atoms with Crippen LogP contribution in [0.5, 0.6) is 0 Å². The molecule has 0 fully saturated rings. The highest BCUT2D eigenvalue weighted by Crippen LogP contribution is 2.19. The van der Waals surface area contributed by atoms with Crippen molar-refractivity contribution in [3.8, 4) is 0 Å². The van der Waals surface area contributed by atoms with Gasteiger partial charge in [-0.25, -0.2) is 9.37 Å². The maximum Gasteiger partial charge on any atom is 0.209 e. The third-order valence-electron chi connectivity index (χ3n) is 3.49. The number of benzene rings is 2. The molecule has 0 radical (unpaired) electrons. The lowest BCUT2D eigenvalue weighted by Gasteiger charge is -2.19. The van der Waals surface area contributed by atoms with Gasteiger partial charge in [0.1, 0.15) is 11.3 Å². The number of hydrogen-bond donors (Lipinski definition) is 1. The molecule has 0 saturated carbocycles. The van der Waals surface area contributed by atoms with Gasteiger partial charge in [0.2, 0.25) is 5.89 Å². The van der Waals surface area contributed by atoms with E-state index in [4.69, 9.17) is 4.42 Å². The molecule has 2 aromatic carbocycles. The van der Waals surface area contributed by atoms with Gasteiger partial charge in [0.15, 0.2) is 5.58 Å². The summed E-state index contributed by atoms with van der Waals surface area (Å²) >= 11 is 0. The molecule has 4 nitrogen and oxygen atoms in total. The van der Waals surface area contributed by atoms with Gasteiger partial charge in [-0.1, -0.05) is 30.3 Å². The molecule has 0 spiro atoms. The Morgan fingerprint density at radius 3 is 2.68 bits per heavy atom. The van der Waals surface area contributed by atoms with Crippen LogP contribution in [-0.4, -0.2) is 28.6 Å². The number of hydrogen-bond acceptors (Lipinski definition) is 4. The van der Waals surface area contributed by atoms with Gasteiger partial charge < -0.3 is 9.52 Å². The van der Waals surface area contributed by atoms with Crippen LogP contribution < -0.4 is 0 Å². The molecule has 114 valence electrons. The van der Waals surface area contributed by atoms with E-state index >= 15 is 0 Å². The summed E-state index contributed by atoms with van der Waals surface area (Å²) in [5.74, 6) is 0.176. The van der Waals surface area contributed by atoms with Gasteiger partial charge >= 0.3 is 0 Å². The highest BCUT2D eigenvalue weighted by atomic mass is 19.1. The predicted octanol–water partition coefficient (Wildman–Crippen LogP) is 3.13. The van der Waals surface area contributed by atoms with E-state index in [0.29, 0.717) is 24.5 Å². The summed E-state index contributed by atoms with van der Waals surface area (Å²) in [7, 11) is 1.83. The second-order valence-electron chi connectivity index (χ2n) is 5.31. The zero-order chi connectivity index (χ0) is 15.5. The van der Waals surface area contributed by atoms with Crippen molar-refractivity contribution >= 4 is 11.1 Å². The van der Waals surface area contributed by atoms with Crippen LogP contribution in [0.15, 0.2) is 52.9 Å². The number of fused-ring (bicyclic) bond motifs is 1. The van der Waals surface area contributed by atoms with E-state index in [2.05, 4.69) is 4.98 Å². The van der Waals surface area contributed by atoms with Crippen LogP contribution in [0.25, 0.3) is 11.1 Å². The van der Waals surface area contributed by atoms with E-state index in [-0.39, 0.29) is 0 Å². The number of aromatic nitrogens is 1. The quantitative estimate of drug-likeness (QED) is 0.786. The molecule has 1 heterocycles. The van der Waals surface area contributed by atoms with Crippen LogP contribution in [-0.2, 0) is 6.54 Å². The molecule has 0 bridgehead atoms. The fraction of sp³-hybridized carbons (Fsp3) is 0.235. The molecule has 0 aliphatic carbocycles. The Morgan fingerprint density at radius 2 is 1.91 bits per heavy atom. The van der Waals surface area contributed by atoms with Gasteiger partial charge in [0.25, 0.3) is 0 Å². The summed E-state index contributed by atoms with van der Waals surface area (Å²) < 4.78 is 19.3. The molecule has 1 aromatic heterocycles. The Morgan fingerprint density at radius 1 is 1.18 bits per heavy atom. The van der Waals surface area contributed by atoms with Gasteiger partial charge in [0.05, 0.1) is 12.6 Å². The number of oxazole rings is 1. The minimum Gasteiger partial charge on any atom is -0.439 e. The minimum absolute atomic E-state index is 0.291. The molecule has 1 atom stereocenters. The smallest absolute Gasteiger partial charge is 0.209 e. The molecule has 0 aliphatic heterocycles. The number of rotatable bonds is 5. The Kier molecular flexibility index (Phi) is 4.18. The second-order valence-corrected chi connectivity index (χ2v) is 5.31. The zero-order valence-electron chi connectivity index (χ0n) is 12.2. The Hall–Kier alpha value is -2.24. The first kappa shape index (κ1) is 14.7. The predicted molar refractivity (Wildman–Crippen MR) is 81.7 cm³/mol. The third-order valence-corrected chi connectivity index (χ3v) is 3.49. The lowest BCUT2D eigenvalue weighted by Crippen LogP contribution is -2.24. The summed E-state index contributed by atoms with van der Waals surface area (Å²) in [6.07, 6.45) is -0.893. The van der Waals surface area contributed by atoms with Crippen LogP contribution in [0.1, 0.15) is 17.6 Å². The molecule has 3 rings (SSSR count). The Labute approximate surface area is 127 Å². The molecule has 1 unspecified atom stereocenters. The Bertz CT molecular complexity index is 739. The van der Waals surface area contributed by atoms with Crippen molar-refractivity contribution in [2.75, 3.05) is 13.6 Å². The van der Waals surface area contributed by atoms with Crippen LogP contribution in [0.4, 0.5) is 4.39 Å². The van der Waals surface area contributed by atoms with E-state index in [1.165, 1.54) is 6.07 Å². The van der Waals surface area contributed by atoms with E-state index in [1.807, 2.05) is 36.2 Å². The molecular weight excluding hydrogens is 283 g/mol. The lowest BCUT2D eigenvalue weighted by molar-refractivity contribution is 0.116. The first-order valence-electron chi connectivity index (χ1n) is 7.09. The first-order chi connectivity index (χ1) is 10.6. The summed E-state index contributed by atoms with van der Waals surface area (Å²) in [4.78, 5) is 6.24. The largest absolute Gasteiger partial charge is 0.439 e. The van der Waals surface area contributed by atoms with Crippen molar-refractivity contribution in [1.82, 2.24) is 9.88 Å². The number of halogens is 1. The number of aliphatic hydroxyl groups excluding tert-OH is 1. The SMILES string of the molecule is CN(Cc1nc2ccccc2o1)CC(O)c1ccccc1F. The molecule has 1 N–H and O–H groups in total. The van der Waals surface area contributed by atoms with E-state index < -0.39 is 11.9 Å². The van der Waals surface area contributed by atoms with E-state index in [0.717, 1.165) is 11.1 Å². The van der Waals surface area contributed by atoms with Crippen molar-refractivity contribution in [2.45, 2.75) is 12.6 Å². The second kappa shape index (κ2) is 6.25. The van der Waals surface area contributed by atoms with Gasteiger partial charge in [-0.15, -0.1) is 0 Å². The van der Waals surface area contributed by atoms with Crippen molar-refractivity contribution < 1.29 is 13.9 Å². The normalized spacial score (nSPS) is 12.9. The van der Waals surface area contributed by atoms with Crippen molar-refractivity contribution in [3.05, 3.63) is 65.8 Å². The van der Waals surface area contributed by atoms with Gasteiger partial charge in [0, 0.05) is 12.1 Å². The fourth-order valence-electron chi connectivity index (χ4n) is 2.42. The highest BCUT2D eigenvalue weighted by molar-refractivity contribution is 5.72. The Balaban J connectivity index is 1.67. The van der Waals surface area contributed by atoms with Crippen LogP contribution in [0, 0.1) is 5.82 Å². The molecule has 22 heavy (non-hydrogen) atoms. The maximum absolute atomic E-state index is 13.6. The first-order valence-corrected chi connectivity index (χ1v) is 7.09. The fourth-order valence-corrected chi connectivity index (χ4v) is 2.42. The van der Waals surface area contributed by atoms with Crippen molar-refractivity contribution in [1.29, 1.82) is 0 Å². The average molecular weight is 300 g/mol. The topological polar surface area (TPSA) is 49.5 Å². The number of aliphatic hydroxyl groups is 1. The standard InChI is InChI=1S/C17H17FN2O2/c1-20(10-15(21)12-6-2-3-7-13(12)18)11-17-19-14-8-4-5-9-16(14)22-17/h2-9,15,21H,10-11H2,1H3. The van der Waals surface area contributed by atoms with Gasteiger partial charge in [-0.2, -0.15) is 0 Å². The number of nitrogens with zero attached hydrogens (tertiary/aromatic N) is 2. The summed E-state index contributed by atoms with van der Waals surface area (Å²) in [6, 6.07) is 13.8. The van der Waals surface area contributed by atoms with Crippen LogP contribution in [0.2, 0.25) is 0 Å². The summed E-state index contributed by atoms with van der Waals surface area (Å²) in [5.41, 5.74) is 1.84. The molecular formula is C17H17FN2O2. The van der Waals surface area contributed by atoms with Crippen LogP contribution >= 0.6 is 0 Å². The average Bonchev–Trinajstić information content (AvgIpc) is 2.89. The molecule has 0 aliphatic rings. The molecule has 3 aromatic rings. The zero-order valence-corrected chi connectivity index (χ0v) is 12.2. The molecule has 0 saturated heterocycles. The number of likely N-dealkylation sites (N-methyl/N-ethyl adjacent to an activating group) is 1. The monoisotopic (exact) mass is 300 g/mol. The summed E-state index contributed by atoms with van der Waals surface area (Å²) in [5, 5.41) is 10.2. The van der Waals surface area contributed by atoms with Gasteiger partial charge in [-0.05, 0) is 25.2 Å². The molecule has 5 heteroatoms.